The van der Waals surface area contributed by atoms with Gasteiger partial charge in [-0.05, 0) is 57.5 Å². The first-order chi connectivity index (χ1) is 12.4. The molecule has 1 aliphatic rings. The van der Waals surface area contributed by atoms with Crippen LogP contribution in [0.5, 0.6) is 0 Å². The van der Waals surface area contributed by atoms with Gasteiger partial charge in [0.2, 0.25) is 11.8 Å². The number of carbonyl (C=O) groups is 2. The minimum Gasteiger partial charge on any atom is -0.355 e. The summed E-state index contributed by atoms with van der Waals surface area (Å²) in [6.07, 6.45) is 4.31. The third-order valence-electron chi connectivity index (χ3n) is 4.18. The highest BCUT2D eigenvalue weighted by atomic mass is 32.2. The van der Waals surface area contributed by atoms with Crippen molar-refractivity contribution in [2.24, 2.45) is 0 Å². The standard InChI is InChI=1S/C18H27N3O4S/c22-17(19-10-4-5-11-21-12-6-7-13-21)14-26(24,25)15-18(23)20-16-8-2-1-3-9-16/h1-3,8-9H,4-7,10-15H2,(H,19,22)(H,20,23). The van der Waals surface area contributed by atoms with E-state index in [9.17, 15) is 18.0 Å². The molecule has 2 rings (SSSR count). The van der Waals surface area contributed by atoms with Gasteiger partial charge in [-0.1, -0.05) is 18.2 Å². The van der Waals surface area contributed by atoms with Crippen molar-refractivity contribution in [1.29, 1.82) is 0 Å². The average molecular weight is 381 g/mol. The Labute approximate surface area is 155 Å². The van der Waals surface area contributed by atoms with E-state index >= 15 is 0 Å². The first kappa shape index (κ1) is 20.4. The van der Waals surface area contributed by atoms with Crippen LogP contribution in [0.1, 0.15) is 25.7 Å². The van der Waals surface area contributed by atoms with Crippen LogP contribution in [0.2, 0.25) is 0 Å². The van der Waals surface area contributed by atoms with Crippen molar-refractivity contribution in [2.45, 2.75) is 25.7 Å². The van der Waals surface area contributed by atoms with Crippen LogP contribution in [-0.2, 0) is 19.4 Å². The van der Waals surface area contributed by atoms with E-state index in [1.165, 1.54) is 12.8 Å². The summed E-state index contributed by atoms with van der Waals surface area (Å²) in [6.45, 7) is 3.78. The molecule has 2 N–H and O–H groups in total. The van der Waals surface area contributed by atoms with Gasteiger partial charge >= 0.3 is 0 Å². The molecule has 8 heteroatoms. The summed E-state index contributed by atoms with van der Waals surface area (Å²) in [6, 6.07) is 8.60. The van der Waals surface area contributed by atoms with Gasteiger partial charge in [0.05, 0.1) is 0 Å². The Balaban J connectivity index is 1.62. The van der Waals surface area contributed by atoms with E-state index in [0.29, 0.717) is 12.2 Å². The van der Waals surface area contributed by atoms with Crippen LogP contribution >= 0.6 is 0 Å². The minimum atomic E-state index is -3.79. The van der Waals surface area contributed by atoms with Gasteiger partial charge in [0.15, 0.2) is 9.84 Å². The molecule has 1 saturated heterocycles. The number of hydrogen-bond acceptors (Lipinski definition) is 5. The number of unbranched alkanes of at least 4 members (excludes halogenated alkanes) is 1. The van der Waals surface area contributed by atoms with Gasteiger partial charge in [-0.2, -0.15) is 0 Å². The number of likely N-dealkylation sites (tertiary alicyclic amines) is 1. The number of benzene rings is 1. The van der Waals surface area contributed by atoms with Gasteiger partial charge in [0, 0.05) is 12.2 Å². The normalized spacial score (nSPS) is 14.9. The molecule has 1 aromatic rings. The minimum absolute atomic E-state index is 0.457. The van der Waals surface area contributed by atoms with E-state index in [-0.39, 0.29) is 0 Å². The molecule has 1 fully saturated rings. The molecule has 26 heavy (non-hydrogen) atoms. The molecule has 2 amide bonds. The molecule has 144 valence electrons. The van der Waals surface area contributed by atoms with Crippen LogP contribution in [-0.4, -0.2) is 62.8 Å². The lowest BCUT2D eigenvalue weighted by Gasteiger charge is -2.14. The zero-order chi connectivity index (χ0) is 18.8. The Kier molecular flexibility index (Phi) is 8.06. The molecule has 7 nitrogen and oxygen atoms in total. The topological polar surface area (TPSA) is 95.6 Å². The zero-order valence-corrected chi connectivity index (χ0v) is 15.8. The molecule has 0 unspecified atom stereocenters. The van der Waals surface area contributed by atoms with Gasteiger partial charge in [-0.3, -0.25) is 9.59 Å². The highest BCUT2D eigenvalue weighted by molar-refractivity contribution is 7.92. The fraction of sp³-hybridized carbons (Fsp3) is 0.556. The first-order valence-corrected chi connectivity index (χ1v) is 10.8. The van der Waals surface area contributed by atoms with Gasteiger partial charge < -0.3 is 15.5 Å². The lowest BCUT2D eigenvalue weighted by molar-refractivity contribution is -0.118. The second kappa shape index (κ2) is 10.3. The summed E-state index contributed by atoms with van der Waals surface area (Å²) in [5.41, 5.74) is 0.523. The van der Waals surface area contributed by atoms with Crippen molar-refractivity contribution in [3.8, 4) is 0 Å². The van der Waals surface area contributed by atoms with Crippen LogP contribution in [0.3, 0.4) is 0 Å². The Hall–Kier alpha value is -1.93. The lowest BCUT2D eigenvalue weighted by Crippen LogP contribution is -2.34. The predicted molar refractivity (Wildman–Crippen MR) is 102 cm³/mol. The smallest absolute Gasteiger partial charge is 0.239 e. The average Bonchev–Trinajstić information content (AvgIpc) is 3.07. The monoisotopic (exact) mass is 381 g/mol. The van der Waals surface area contributed by atoms with Crippen molar-refractivity contribution in [3.05, 3.63) is 30.3 Å². The zero-order valence-electron chi connectivity index (χ0n) is 14.9. The number of para-hydroxylation sites is 1. The maximum Gasteiger partial charge on any atom is 0.239 e. The van der Waals surface area contributed by atoms with E-state index < -0.39 is 33.2 Å². The predicted octanol–water partition coefficient (Wildman–Crippen LogP) is 1.03. The summed E-state index contributed by atoms with van der Waals surface area (Å²) in [5.74, 6) is -2.57. The van der Waals surface area contributed by atoms with E-state index in [4.69, 9.17) is 0 Å². The molecule has 0 bridgehead atoms. The molecule has 1 aliphatic heterocycles. The van der Waals surface area contributed by atoms with Crippen molar-refractivity contribution in [1.82, 2.24) is 10.2 Å². The fourth-order valence-corrected chi connectivity index (χ4v) is 3.99. The highest BCUT2D eigenvalue weighted by Crippen LogP contribution is 2.08. The van der Waals surface area contributed by atoms with E-state index in [0.717, 1.165) is 32.5 Å². The van der Waals surface area contributed by atoms with Crippen molar-refractivity contribution >= 4 is 27.3 Å². The van der Waals surface area contributed by atoms with E-state index in [1.54, 1.807) is 30.3 Å². The second-order valence-electron chi connectivity index (χ2n) is 6.55. The van der Waals surface area contributed by atoms with Crippen LogP contribution in [0, 0.1) is 0 Å². The number of nitrogens with zero attached hydrogens (tertiary/aromatic N) is 1. The van der Waals surface area contributed by atoms with Gasteiger partial charge in [-0.15, -0.1) is 0 Å². The molecular formula is C18H27N3O4S. The molecule has 0 radical (unpaired) electrons. The Bertz CT molecular complexity index is 686. The second-order valence-corrected chi connectivity index (χ2v) is 8.62. The molecule has 0 aliphatic carbocycles. The third-order valence-corrected chi connectivity index (χ3v) is 5.59. The Morgan fingerprint density at radius 2 is 1.62 bits per heavy atom. The maximum atomic E-state index is 12.0. The number of nitrogens with one attached hydrogen (secondary N) is 2. The van der Waals surface area contributed by atoms with Crippen LogP contribution in [0.25, 0.3) is 0 Å². The largest absolute Gasteiger partial charge is 0.355 e. The number of carbonyl (C=O) groups excluding carboxylic acids is 2. The Morgan fingerprint density at radius 3 is 2.31 bits per heavy atom. The summed E-state index contributed by atoms with van der Waals surface area (Å²) in [7, 11) is -3.79. The summed E-state index contributed by atoms with van der Waals surface area (Å²) in [4.78, 5) is 26.0. The number of rotatable bonds is 10. The van der Waals surface area contributed by atoms with Crippen molar-refractivity contribution in [3.63, 3.8) is 0 Å². The molecule has 1 aromatic carbocycles. The molecule has 0 spiro atoms. The van der Waals surface area contributed by atoms with E-state index in [1.807, 2.05) is 0 Å². The maximum absolute atomic E-state index is 12.0. The molecule has 0 saturated carbocycles. The summed E-state index contributed by atoms with van der Waals surface area (Å²) in [5, 5.41) is 5.12. The molecule has 0 atom stereocenters. The van der Waals surface area contributed by atoms with Gasteiger partial charge in [0.1, 0.15) is 11.5 Å². The van der Waals surface area contributed by atoms with Crippen molar-refractivity contribution in [2.75, 3.05) is 43.0 Å². The summed E-state index contributed by atoms with van der Waals surface area (Å²) < 4.78 is 24.0. The quantitative estimate of drug-likeness (QED) is 0.590. The molecular weight excluding hydrogens is 354 g/mol. The van der Waals surface area contributed by atoms with Crippen molar-refractivity contribution < 1.29 is 18.0 Å². The highest BCUT2D eigenvalue weighted by Gasteiger charge is 2.20. The van der Waals surface area contributed by atoms with E-state index in [2.05, 4.69) is 15.5 Å². The third kappa shape index (κ3) is 7.97. The fourth-order valence-electron chi connectivity index (χ4n) is 2.91. The molecule has 1 heterocycles. The first-order valence-electron chi connectivity index (χ1n) is 8.99. The summed E-state index contributed by atoms with van der Waals surface area (Å²) >= 11 is 0. The van der Waals surface area contributed by atoms with Crippen LogP contribution in [0.4, 0.5) is 5.69 Å². The van der Waals surface area contributed by atoms with Crippen LogP contribution in [0.15, 0.2) is 30.3 Å². The van der Waals surface area contributed by atoms with Gasteiger partial charge in [0.25, 0.3) is 0 Å². The molecule has 0 aromatic heterocycles. The number of hydrogen-bond donors (Lipinski definition) is 2. The number of sulfone groups is 1. The Morgan fingerprint density at radius 1 is 0.962 bits per heavy atom. The number of amides is 2. The van der Waals surface area contributed by atoms with Crippen LogP contribution < -0.4 is 10.6 Å². The number of anilines is 1. The SMILES string of the molecule is O=C(CS(=O)(=O)CC(=O)Nc1ccccc1)NCCCCN1CCCC1. The van der Waals surface area contributed by atoms with Gasteiger partial charge in [-0.25, -0.2) is 8.42 Å². The lowest BCUT2D eigenvalue weighted by atomic mass is 10.3.